The van der Waals surface area contributed by atoms with Crippen LogP contribution in [0.2, 0.25) is 0 Å². The van der Waals surface area contributed by atoms with E-state index in [1.54, 1.807) is 0 Å². The van der Waals surface area contributed by atoms with Crippen molar-refractivity contribution in [3.8, 4) is 0 Å². The molecule has 1 fully saturated rings. The Kier molecular flexibility index (Phi) is 4.59. The van der Waals surface area contributed by atoms with Gasteiger partial charge in [0, 0.05) is 19.0 Å². The molecule has 2 aromatic rings. The second kappa shape index (κ2) is 6.61. The molecule has 1 heterocycles. The number of rotatable bonds is 5. The quantitative estimate of drug-likeness (QED) is 0.876. The van der Waals surface area contributed by atoms with Crippen LogP contribution in [0, 0.1) is 5.92 Å². The lowest BCUT2D eigenvalue weighted by Gasteiger charge is -2.29. The standard InChI is InChI=1S/C18H27N3/c1-3-14-8-9-16-17(12-14)21-18(20-16)10-11-19-15-7-5-4-6-13(15)2/h8-9,12-13,15,19H,3-7,10-11H2,1-2H3,(H,20,21). The van der Waals surface area contributed by atoms with Gasteiger partial charge in [0.25, 0.3) is 0 Å². The van der Waals surface area contributed by atoms with Crippen molar-refractivity contribution in [3.05, 3.63) is 29.6 Å². The minimum absolute atomic E-state index is 0.704. The molecule has 21 heavy (non-hydrogen) atoms. The fourth-order valence-corrected chi connectivity index (χ4v) is 3.44. The molecule has 3 rings (SSSR count). The molecule has 3 heteroatoms. The summed E-state index contributed by atoms with van der Waals surface area (Å²) < 4.78 is 0. The molecule has 1 aliphatic carbocycles. The Balaban J connectivity index is 1.57. The van der Waals surface area contributed by atoms with Crippen molar-refractivity contribution in [2.45, 2.75) is 58.4 Å². The number of aromatic amines is 1. The summed E-state index contributed by atoms with van der Waals surface area (Å²) in [7, 11) is 0. The molecule has 2 atom stereocenters. The number of imidazole rings is 1. The molecule has 0 aliphatic heterocycles. The largest absolute Gasteiger partial charge is 0.342 e. The van der Waals surface area contributed by atoms with E-state index in [0.29, 0.717) is 6.04 Å². The van der Waals surface area contributed by atoms with Crippen molar-refractivity contribution in [1.29, 1.82) is 0 Å². The van der Waals surface area contributed by atoms with Gasteiger partial charge in [0.1, 0.15) is 5.82 Å². The highest BCUT2D eigenvalue weighted by Gasteiger charge is 2.20. The zero-order valence-electron chi connectivity index (χ0n) is 13.3. The third-order valence-corrected chi connectivity index (χ3v) is 4.88. The summed E-state index contributed by atoms with van der Waals surface area (Å²) in [5, 5.41) is 3.73. The molecule has 3 nitrogen and oxygen atoms in total. The lowest BCUT2D eigenvalue weighted by molar-refractivity contribution is 0.282. The van der Waals surface area contributed by atoms with E-state index in [2.05, 4.69) is 42.3 Å². The summed E-state index contributed by atoms with van der Waals surface area (Å²) >= 11 is 0. The summed E-state index contributed by atoms with van der Waals surface area (Å²) in [5.41, 5.74) is 3.63. The van der Waals surface area contributed by atoms with Crippen LogP contribution < -0.4 is 5.32 Å². The topological polar surface area (TPSA) is 40.7 Å². The van der Waals surface area contributed by atoms with Crippen LogP contribution in [0.4, 0.5) is 0 Å². The highest BCUT2D eigenvalue weighted by Crippen LogP contribution is 2.23. The van der Waals surface area contributed by atoms with Gasteiger partial charge in [0.15, 0.2) is 0 Å². The van der Waals surface area contributed by atoms with Crippen molar-refractivity contribution < 1.29 is 0 Å². The number of H-pyrrole nitrogens is 1. The molecular formula is C18H27N3. The van der Waals surface area contributed by atoms with Gasteiger partial charge in [-0.15, -0.1) is 0 Å². The molecule has 0 saturated heterocycles. The number of aromatic nitrogens is 2. The van der Waals surface area contributed by atoms with Crippen LogP contribution in [0.5, 0.6) is 0 Å². The molecule has 0 radical (unpaired) electrons. The van der Waals surface area contributed by atoms with Gasteiger partial charge in [-0.25, -0.2) is 4.98 Å². The van der Waals surface area contributed by atoms with Gasteiger partial charge in [0.2, 0.25) is 0 Å². The van der Waals surface area contributed by atoms with Gasteiger partial charge in [0.05, 0.1) is 11.0 Å². The summed E-state index contributed by atoms with van der Waals surface area (Å²) in [6.45, 7) is 5.59. The third kappa shape index (κ3) is 3.46. The monoisotopic (exact) mass is 285 g/mol. The summed E-state index contributed by atoms with van der Waals surface area (Å²) in [6.07, 6.45) is 7.56. The zero-order valence-corrected chi connectivity index (χ0v) is 13.3. The summed E-state index contributed by atoms with van der Waals surface area (Å²) in [5.74, 6) is 1.93. The van der Waals surface area contributed by atoms with Crippen molar-refractivity contribution >= 4 is 11.0 Å². The predicted molar refractivity (Wildman–Crippen MR) is 88.6 cm³/mol. The first-order chi connectivity index (χ1) is 10.3. The molecule has 114 valence electrons. The Morgan fingerprint density at radius 2 is 2.14 bits per heavy atom. The van der Waals surface area contributed by atoms with E-state index >= 15 is 0 Å². The van der Waals surface area contributed by atoms with Crippen molar-refractivity contribution in [2.24, 2.45) is 5.92 Å². The Labute approximate surface area is 127 Å². The van der Waals surface area contributed by atoms with Crippen molar-refractivity contribution in [3.63, 3.8) is 0 Å². The molecule has 2 N–H and O–H groups in total. The second-order valence-electron chi connectivity index (χ2n) is 6.46. The van der Waals surface area contributed by atoms with Crippen LogP contribution in [0.3, 0.4) is 0 Å². The maximum absolute atomic E-state index is 4.69. The van der Waals surface area contributed by atoms with Crippen LogP contribution in [-0.4, -0.2) is 22.6 Å². The Morgan fingerprint density at radius 1 is 1.29 bits per heavy atom. The molecule has 0 bridgehead atoms. The van der Waals surface area contributed by atoms with E-state index in [1.165, 1.54) is 36.8 Å². The van der Waals surface area contributed by atoms with E-state index in [0.717, 1.165) is 36.6 Å². The number of hydrogen-bond acceptors (Lipinski definition) is 2. The van der Waals surface area contributed by atoms with Crippen LogP contribution in [0.25, 0.3) is 11.0 Å². The number of hydrogen-bond donors (Lipinski definition) is 2. The smallest absolute Gasteiger partial charge is 0.108 e. The van der Waals surface area contributed by atoms with E-state index in [9.17, 15) is 0 Å². The normalized spacial score (nSPS) is 22.8. The molecule has 0 spiro atoms. The molecule has 1 saturated carbocycles. The fraction of sp³-hybridized carbons (Fsp3) is 0.611. The van der Waals surface area contributed by atoms with E-state index in [-0.39, 0.29) is 0 Å². The van der Waals surface area contributed by atoms with E-state index < -0.39 is 0 Å². The van der Waals surface area contributed by atoms with Crippen molar-refractivity contribution in [1.82, 2.24) is 15.3 Å². The van der Waals surface area contributed by atoms with Crippen LogP contribution in [0.1, 0.15) is 50.9 Å². The van der Waals surface area contributed by atoms with Crippen LogP contribution in [-0.2, 0) is 12.8 Å². The number of benzene rings is 1. The molecule has 1 aromatic heterocycles. The Hall–Kier alpha value is -1.35. The maximum atomic E-state index is 4.69. The van der Waals surface area contributed by atoms with Gasteiger partial charge < -0.3 is 10.3 Å². The SMILES string of the molecule is CCc1ccc2nc(CCNC3CCCCC3C)[nH]c2c1. The van der Waals surface area contributed by atoms with Gasteiger partial charge in [-0.3, -0.25) is 0 Å². The first-order valence-corrected chi connectivity index (χ1v) is 8.47. The van der Waals surface area contributed by atoms with Gasteiger partial charge >= 0.3 is 0 Å². The summed E-state index contributed by atoms with van der Waals surface area (Å²) in [6, 6.07) is 7.23. The zero-order chi connectivity index (χ0) is 14.7. The Morgan fingerprint density at radius 3 is 2.95 bits per heavy atom. The Bertz CT molecular complexity index is 587. The van der Waals surface area contributed by atoms with Crippen LogP contribution >= 0.6 is 0 Å². The molecule has 1 aliphatic rings. The summed E-state index contributed by atoms with van der Waals surface area (Å²) in [4.78, 5) is 8.16. The lowest BCUT2D eigenvalue weighted by Crippen LogP contribution is -2.38. The highest BCUT2D eigenvalue weighted by atomic mass is 15.0. The van der Waals surface area contributed by atoms with Gasteiger partial charge in [-0.1, -0.05) is 32.8 Å². The molecule has 1 aromatic carbocycles. The number of fused-ring (bicyclic) bond motifs is 1. The number of nitrogens with one attached hydrogen (secondary N) is 2. The molecular weight excluding hydrogens is 258 g/mol. The lowest BCUT2D eigenvalue weighted by atomic mass is 9.86. The van der Waals surface area contributed by atoms with E-state index in [1.807, 2.05) is 0 Å². The van der Waals surface area contributed by atoms with Crippen LogP contribution in [0.15, 0.2) is 18.2 Å². The second-order valence-corrected chi connectivity index (χ2v) is 6.46. The number of nitrogens with zero attached hydrogens (tertiary/aromatic N) is 1. The van der Waals surface area contributed by atoms with Crippen molar-refractivity contribution in [2.75, 3.05) is 6.54 Å². The molecule has 0 amide bonds. The maximum Gasteiger partial charge on any atom is 0.108 e. The minimum Gasteiger partial charge on any atom is -0.342 e. The fourth-order valence-electron chi connectivity index (χ4n) is 3.44. The van der Waals surface area contributed by atoms with Gasteiger partial charge in [-0.2, -0.15) is 0 Å². The predicted octanol–water partition coefficient (Wildman–Crippen LogP) is 3.84. The first kappa shape index (κ1) is 14.6. The minimum atomic E-state index is 0.704. The van der Waals surface area contributed by atoms with Gasteiger partial charge in [-0.05, 0) is 42.9 Å². The van der Waals surface area contributed by atoms with E-state index in [4.69, 9.17) is 4.98 Å². The third-order valence-electron chi connectivity index (χ3n) is 4.88. The average Bonchev–Trinajstić information content (AvgIpc) is 2.90. The number of aryl methyl sites for hydroxylation is 1. The highest BCUT2D eigenvalue weighted by molar-refractivity contribution is 5.75. The molecule has 2 unspecified atom stereocenters. The first-order valence-electron chi connectivity index (χ1n) is 8.47. The average molecular weight is 285 g/mol.